The molecule has 1 heterocycles. The molecule has 1 aromatic heterocycles. The van der Waals surface area contributed by atoms with Crippen molar-refractivity contribution in [3.05, 3.63) is 68.9 Å². The van der Waals surface area contributed by atoms with E-state index in [4.69, 9.17) is 0 Å². The monoisotopic (exact) mass is 332 g/mol. The van der Waals surface area contributed by atoms with Crippen LogP contribution in [0.1, 0.15) is 5.56 Å². The van der Waals surface area contributed by atoms with E-state index in [1.54, 1.807) is 18.2 Å². The van der Waals surface area contributed by atoms with Crippen molar-refractivity contribution >= 4 is 26.8 Å². The van der Waals surface area contributed by atoms with E-state index in [9.17, 15) is 9.18 Å². The first-order valence-corrected chi connectivity index (χ1v) is 6.80. The Morgan fingerprint density at radius 3 is 2.75 bits per heavy atom. The molecule has 0 atom stereocenters. The number of rotatable bonds is 1. The van der Waals surface area contributed by atoms with Crippen LogP contribution in [0.15, 0.2) is 52.0 Å². The van der Waals surface area contributed by atoms with E-state index in [2.05, 4.69) is 20.9 Å². The highest BCUT2D eigenvalue weighted by Gasteiger charge is 2.12. The molecule has 0 N–H and O–H groups in total. The standard InChI is InChI=1S/C15H10BrFN2O/c1-9-10(16)4-2-7-13(9)19-8-18-12-6-3-5-11(17)14(12)15(19)20/h2-8H,1H3. The Hall–Kier alpha value is -2.01. The third-order valence-electron chi connectivity index (χ3n) is 3.24. The smallest absolute Gasteiger partial charge is 0.268 e. The van der Waals surface area contributed by atoms with Gasteiger partial charge in [0.15, 0.2) is 0 Å². The average molecular weight is 333 g/mol. The highest BCUT2D eigenvalue weighted by molar-refractivity contribution is 9.10. The van der Waals surface area contributed by atoms with Gasteiger partial charge in [0, 0.05) is 4.47 Å². The summed E-state index contributed by atoms with van der Waals surface area (Å²) in [6.07, 6.45) is 1.43. The minimum atomic E-state index is -0.554. The molecule has 0 amide bonds. The van der Waals surface area contributed by atoms with Crippen molar-refractivity contribution in [1.82, 2.24) is 9.55 Å². The van der Waals surface area contributed by atoms with Crippen LogP contribution in [0.5, 0.6) is 0 Å². The largest absolute Gasteiger partial charge is 0.268 e. The van der Waals surface area contributed by atoms with Gasteiger partial charge in [0.25, 0.3) is 5.56 Å². The van der Waals surface area contributed by atoms with E-state index in [1.807, 2.05) is 19.1 Å². The molecular formula is C15H10BrFN2O. The first-order chi connectivity index (χ1) is 9.59. The summed E-state index contributed by atoms with van der Waals surface area (Å²) in [5.41, 5.74) is 1.53. The molecule has 100 valence electrons. The molecule has 0 spiro atoms. The Balaban J connectivity index is 2.39. The molecule has 0 fully saturated rings. The quantitative estimate of drug-likeness (QED) is 0.682. The van der Waals surface area contributed by atoms with Crippen molar-refractivity contribution < 1.29 is 4.39 Å². The molecule has 20 heavy (non-hydrogen) atoms. The topological polar surface area (TPSA) is 34.9 Å². The third kappa shape index (κ3) is 1.94. The zero-order valence-corrected chi connectivity index (χ0v) is 12.2. The lowest BCUT2D eigenvalue weighted by Crippen LogP contribution is -2.20. The maximum Gasteiger partial charge on any atom is 0.268 e. The summed E-state index contributed by atoms with van der Waals surface area (Å²) in [5, 5.41) is 0.00868. The van der Waals surface area contributed by atoms with Gasteiger partial charge in [-0.1, -0.05) is 28.1 Å². The van der Waals surface area contributed by atoms with Crippen molar-refractivity contribution in [2.75, 3.05) is 0 Å². The van der Waals surface area contributed by atoms with Crippen molar-refractivity contribution in [3.63, 3.8) is 0 Å². The first-order valence-electron chi connectivity index (χ1n) is 6.01. The third-order valence-corrected chi connectivity index (χ3v) is 4.09. The molecule has 5 heteroatoms. The molecule has 0 bridgehead atoms. The molecule has 0 saturated heterocycles. The van der Waals surface area contributed by atoms with Gasteiger partial charge >= 0.3 is 0 Å². The lowest BCUT2D eigenvalue weighted by Gasteiger charge is -2.11. The van der Waals surface area contributed by atoms with Gasteiger partial charge in [0.1, 0.15) is 17.5 Å². The Bertz CT molecular complexity index is 873. The Morgan fingerprint density at radius 2 is 1.95 bits per heavy atom. The second-order valence-electron chi connectivity index (χ2n) is 4.44. The SMILES string of the molecule is Cc1c(Br)cccc1-n1cnc2cccc(F)c2c1=O. The Kier molecular flexibility index (Phi) is 3.14. The van der Waals surface area contributed by atoms with E-state index in [-0.39, 0.29) is 5.39 Å². The Labute approximate surface area is 122 Å². The molecule has 0 aliphatic rings. The van der Waals surface area contributed by atoms with E-state index in [0.717, 1.165) is 10.0 Å². The van der Waals surface area contributed by atoms with Crippen LogP contribution in [-0.4, -0.2) is 9.55 Å². The predicted octanol–water partition coefficient (Wildman–Crippen LogP) is 3.60. The van der Waals surface area contributed by atoms with E-state index in [0.29, 0.717) is 11.2 Å². The van der Waals surface area contributed by atoms with E-state index < -0.39 is 11.4 Å². The highest BCUT2D eigenvalue weighted by Crippen LogP contribution is 2.22. The van der Waals surface area contributed by atoms with Gasteiger partial charge in [-0.15, -0.1) is 0 Å². The van der Waals surface area contributed by atoms with Gasteiger partial charge < -0.3 is 0 Å². The molecule has 3 aromatic rings. The summed E-state index contributed by atoms with van der Waals surface area (Å²) in [5.74, 6) is -0.554. The molecule has 0 radical (unpaired) electrons. The Morgan fingerprint density at radius 1 is 1.20 bits per heavy atom. The van der Waals surface area contributed by atoms with Crippen LogP contribution in [0, 0.1) is 12.7 Å². The van der Waals surface area contributed by atoms with Crippen molar-refractivity contribution in [3.8, 4) is 5.69 Å². The van der Waals surface area contributed by atoms with Gasteiger partial charge in [0.2, 0.25) is 0 Å². The summed E-state index contributed by atoms with van der Waals surface area (Å²) in [7, 11) is 0. The summed E-state index contributed by atoms with van der Waals surface area (Å²) in [6, 6.07) is 9.94. The number of nitrogens with zero attached hydrogens (tertiary/aromatic N) is 2. The molecule has 3 nitrogen and oxygen atoms in total. The fraction of sp³-hybridized carbons (Fsp3) is 0.0667. The van der Waals surface area contributed by atoms with Crippen molar-refractivity contribution in [2.24, 2.45) is 0 Å². The summed E-state index contributed by atoms with van der Waals surface area (Å²) in [6.45, 7) is 1.89. The summed E-state index contributed by atoms with van der Waals surface area (Å²) < 4.78 is 16.1. The van der Waals surface area contributed by atoms with Gasteiger partial charge in [-0.05, 0) is 36.8 Å². The minimum absolute atomic E-state index is 0.00868. The van der Waals surface area contributed by atoms with Gasteiger partial charge in [-0.25, -0.2) is 9.37 Å². The normalized spacial score (nSPS) is 10.9. The van der Waals surface area contributed by atoms with Crippen LogP contribution in [0.25, 0.3) is 16.6 Å². The highest BCUT2D eigenvalue weighted by atomic mass is 79.9. The molecule has 0 aliphatic heterocycles. The lowest BCUT2D eigenvalue weighted by atomic mass is 10.2. The number of fused-ring (bicyclic) bond motifs is 1. The molecule has 0 aliphatic carbocycles. The van der Waals surface area contributed by atoms with Crippen LogP contribution >= 0.6 is 15.9 Å². The van der Waals surface area contributed by atoms with Gasteiger partial charge in [-0.3, -0.25) is 9.36 Å². The maximum atomic E-state index is 13.9. The van der Waals surface area contributed by atoms with Crippen LogP contribution in [0.4, 0.5) is 4.39 Å². The zero-order chi connectivity index (χ0) is 14.3. The minimum Gasteiger partial charge on any atom is -0.268 e. The van der Waals surface area contributed by atoms with E-state index >= 15 is 0 Å². The predicted molar refractivity (Wildman–Crippen MR) is 79.7 cm³/mol. The number of benzene rings is 2. The fourth-order valence-corrected chi connectivity index (χ4v) is 2.51. The number of hydrogen-bond donors (Lipinski definition) is 0. The van der Waals surface area contributed by atoms with E-state index in [1.165, 1.54) is 17.0 Å². The molecule has 2 aromatic carbocycles. The van der Waals surface area contributed by atoms with Crippen molar-refractivity contribution in [1.29, 1.82) is 0 Å². The second kappa shape index (κ2) is 4.83. The summed E-state index contributed by atoms with van der Waals surface area (Å²) >= 11 is 3.42. The average Bonchev–Trinajstić information content (AvgIpc) is 2.43. The van der Waals surface area contributed by atoms with Crippen LogP contribution < -0.4 is 5.56 Å². The van der Waals surface area contributed by atoms with Crippen LogP contribution in [0.3, 0.4) is 0 Å². The van der Waals surface area contributed by atoms with Crippen LogP contribution in [0.2, 0.25) is 0 Å². The molecule has 0 saturated carbocycles. The maximum absolute atomic E-state index is 13.9. The number of hydrogen-bond acceptors (Lipinski definition) is 2. The molecule has 0 unspecified atom stereocenters. The molecular weight excluding hydrogens is 323 g/mol. The molecule has 3 rings (SSSR count). The fourth-order valence-electron chi connectivity index (χ4n) is 2.15. The van der Waals surface area contributed by atoms with Crippen molar-refractivity contribution in [2.45, 2.75) is 6.92 Å². The van der Waals surface area contributed by atoms with Gasteiger partial charge in [-0.2, -0.15) is 0 Å². The first kappa shape index (κ1) is 13.0. The number of halogens is 2. The zero-order valence-electron chi connectivity index (χ0n) is 10.6. The van der Waals surface area contributed by atoms with Crippen LogP contribution in [-0.2, 0) is 0 Å². The van der Waals surface area contributed by atoms with Gasteiger partial charge in [0.05, 0.1) is 11.2 Å². The summed E-state index contributed by atoms with van der Waals surface area (Å²) in [4.78, 5) is 16.6. The number of aromatic nitrogens is 2. The lowest BCUT2D eigenvalue weighted by molar-refractivity contribution is 0.637. The second-order valence-corrected chi connectivity index (χ2v) is 5.29.